The van der Waals surface area contributed by atoms with Gasteiger partial charge in [-0.25, -0.2) is 9.97 Å². The van der Waals surface area contributed by atoms with Crippen LogP contribution in [0.25, 0.3) is 11.3 Å². The lowest BCUT2D eigenvalue weighted by atomic mass is 10.1. The molecule has 21 heavy (non-hydrogen) atoms. The second-order valence-corrected chi connectivity index (χ2v) is 5.31. The number of carbonyl (C=O) groups is 1. The van der Waals surface area contributed by atoms with E-state index in [-0.39, 0.29) is 5.91 Å². The Morgan fingerprint density at radius 1 is 1.48 bits per heavy atom. The normalized spacial score (nSPS) is 14.0. The molecule has 0 spiro atoms. The number of aromatic amines is 1. The number of hydrogen-bond donors (Lipinski definition) is 3. The van der Waals surface area contributed by atoms with Crippen LogP contribution >= 0.6 is 0 Å². The molecular formula is C15H19N5O. The summed E-state index contributed by atoms with van der Waals surface area (Å²) >= 11 is 0. The van der Waals surface area contributed by atoms with Gasteiger partial charge in [0.05, 0.1) is 5.69 Å². The van der Waals surface area contributed by atoms with Gasteiger partial charge in [-0.05, 0) is 38.3 Å². The second kappa shape index (κ2) is 5.55. The second-order valence-electron chi connectivity index (χ2n) is 5.31. The van der Waals surface area contributed by atoms with E-state index in [1.54, 1.807) is 6.20 Å². The summed E-state index contributed by atoms with van der Waals surface area (Å²) in [5, 5.41) is 6.06. The molecule has 1 fully saturated rings. The monoisotopic (exact) mass is 285 g/mol. The van der Waals surface area contributed by atoms with Crippen LogP contribution in [-0.4, -0.2) is 33.4 Å². The highest BCUT2D eigenvalue weighted by molar-refractivity contribution is 5.94. The van der Waals surface area contributed by atoms with Crippen molar-refractivity contribution in [1.82, 2.24) is 20.3 Å². The molecule has 1 aliphatic carbocycles. The van der Waals surface area contributed by atoms with Crippen LogP contribution in [0.3, 0.4) is 0 Å². The van der Waals surface area contributed by atoms with E-state index in [1.807, 2.05) is 26.1 Å². The topological polar surface area (TPSA) is 82.7 Å². The Bertz CT molecular complexity index is 660. The summed E-state index contributed by atoms with van der Waals surface area (Å²) in [6.45, 7) is 4.73. The van der Waals surface area contributed by atoms with Gasteiger partial charge in [-0.2, -0.15) is 0 Å². The molecule has 1 amide bonds. The van der Waals surface area contributed by atoms with Crippen molar-refractivity contribution in [3.63, 3.8) is 0 Å². The number of nitrogens with zero attached hydrogens (tertiary/aromatic N) is 2. The van der Waals surface area contributed by atoms with E-state index in [9.17, 15) is 4.79 Å². The molecular weight excluding hydrogens is 266 g/mol. The summed E-state index contributed by atoms with van der Waals surface area (Å²) in [5.41, 5.74) is 3.28. The lowest BCUT2D eigenvalue weighted by Gasteiger charge is -2.06. The summed E-state index contributed by atoms with van der Waals surface area (Å²) in [5.74, 6) is 0.547. The van der Waals surface area contributed by atoms with Gasteiger partial charge in [-0.15, -0.1) is 0 Å². The quantitative estimate of drug-likeness (QED) is 0.785. The number of rotatable bonds is 5. The molecule has 1 saturated carbocycles. The highest BCUT2D eigenvalue weighted by Gasteiger charge is 2.24. The van der Waals surface area contributed by atoms with Crippen LogP contribution in [0.15, 0.2) is 18.5 Å². The molecule has 0 unspecified atom stereocenters. The summed E-state index contributed by atoms with van der Waals surface area (Å²) < 4.78 is 0. The third-order valence-corrected chi connectivity index (χ3v) is 3.42. The van der Waals surface area contributed by atoms with Crippen LogP contribution in [-0.2, 0) is 0 Å². The van der Waals surface area contributed by atoms with Crippen molar-refractivity contribution in [2.75, 3.05) is 11.9 Å². The average molecular weight is 285 g/mol. The molecule has 2 aromatic heterocycles. The summed E-state index contributed by atoms with van der Waals surface area (Å²) in [6, 6.07) is 2.19. The van der Waals surface area contributed by atoms with Crippen molar-refractivity contribution >= 4 is 11.9 Å². The smallest absolute Gasteiger partial charge is 0.267 e. The Hall–Kier alpha value is -2.37. The Kier molecular flexibility index (Phi) is 3.60. The zero-order valence-electron chi connectivity index (χ0n) is 12.2. The first kappa shape index (κ1) is 13.6. The number of amides is 1. The third kappa shape index (κ3) is 3.04. The van der Waals surface area contributed by atoms with Gasteiger partial charge >= 0.3 is 0 Å². The number of hydrogen-bond acceptors (Lipinski definition) is 4. The predicted octanol–water partition coefficient (Wildman–Crippen LogP) is 2.10. The van der Waals surface area contributed by atoms with E-state index < -0.39 is 0 Å². The standard InChI is InChI=1S/C15H19N5O/c1-3-16-15-18-7-9(2)13(20-15)10-6-12(17-8-10)14(21)19-11-4-5-11/h6-8,11,17H,3-5H2,1-2H3,(H,19,21)(H,16,18,20). The van der Waals surface area contributed by atoms with Crippen molar-refractivity contribution < 1.29 is 4.79 Å². The van der Waals surface area contributed by atoms with Crippen molar-refractivity contribution in [3.05, 3.63) is 29.7 Å². The fourth-order valence-corrected chi connectivity index (χ4v) is 2.13. The minimum absolute atomic E-state index is 0.0534. The number of H-pyrrole nitrogens is 1. The largest absolute Gasteiger partial charge is 0.357 e. The molecule has 0 saturated heterocycles. The molecule has 3 N–H and O–H groups in total. The van der Waals surface area contributed by atoms with Gasteiger partial charge in [0, 0.05) is 30.5 Å². The minimum Gasteiger partial charge on any atom is -0.357 e. The number of aromatic nitrogens is 3. The summed E-state index contributed by atoms with van der Waals surface area (Å²) in [4.78, 5) is 23.8. The molecule has 3 rings (SSSR count). The highest BCUT2D eigenvalue weighted by atomic mass is 16.2. The maximum atomic E-state index is 12.0. The molecule has 0 atom stereocenters. The van der Waals surface area contributed by atoms with E-state index in [0.29, 0.717) is 17.7 Å². The zero-order chi connectivity index (χ0) is 14.8. The summed E-state index contributed by atoms with van der Waals surface area (Å²) in [7, 11) is 0. The van der Waals surface area contributed by atoms with Crippen LogP contribution in [0.4, 0.5) is 5.95 Å². The van der Waals surface area contributed by atoms with Gasteiger partial charge in [0.25, 0.3) is 5.91 Å². The van der Waals surface area contributed by atoms with E-state index in [1.165, 1.54) is 0 Å². The zero-order valence-corrected chi connectivity index (χ0v) is 12.2. The SMILES string of the molecule is CCNc1ncc(C)c(-c2c[nH]c(C(=O)NC3CC3)c2)n1. The van der Waals surface area contributed by atoms with Crippen molar-refractivity contribution in [2.24, 2.45) is 0 Å². The molecule has 0 bridgehead atoms. The number of aryl methyl sites for hydroxylation is 1. The Morgan fingerprint density at radius 3 is 3.00 bits per heavy atom. The van der Waals surface area contributed by atoms with Crippen molar-refractivity contribution in [1.29, 1.82) is 0 Å². The predicted molar refractivity (Wildman–Crippen MR) is 81.2 cm³/mol. The van der Waals surface area contributed by atoms with Crippen LogP contribution in [0, 0.1) is 6.92 Å². The van der Waals surface area contributed by atoms with Gasteiger partial charge < -0.3 is 15.6 Å². The highest BCUT2D eigenvalue weighted by Crippen LogP contribution is 2.24. The number of anilines is 1. The van der Waals surface area contributed by atoms with Gasteiger partial charge in [0.2, 0.25) is 5.95 Å². The Morgan fingerprint density at radius 2 is 2.29 bits per heavy atom. The molecule has 110 valence electrons. The lowest BCUT2D eigenvalue weighted by molar-refractivity contribution is 0.0946. The first-order valence-electron chi connectivity index (χ1n) is 7.24. The molecule has 0 aromatic carbocycles. The first-order chi connectivity index (χ1) is 10.2. The molecule has 6 heteroatoms. The molecule has 1 aliphatic rings. The fraction of sp³-hybridized carbons (Fsp3) is 0.400. The van der Waals surface area contributed by atoms with Crippen LogP contribution in [0.2, 0.25) is 0 Å². The van der Waals surface area contributed by atoms with Crippen LogP contribution in [0.1, 0.15) is 35.8 Å². The van der Waals surface area contributed by atoms with E-state index in [2.05, 4.69) is 25.6 Å². The molecule has 0 aliphatic heterocycles. The number of nitrogens with one attached hydrogen (secondary N) is 3. The fourth-order valence-electron chi connectivity index (χ4n) is 2.13. The van der Waals surface area contributed by atoms with Crippen molar-refractivity contribution in [2.45, 2.75) is 32.7 Å². The maximum Gasteiger partial charge on any atom is 0.267 e. The summed E-state index contributed by atoms with van der Waals surface area (Å²) in [6.07, 6.45) is 5.76. The third-order valence-electron chi connectivity index (χ3n) is 3.42. The molecule has 0 radical (unpaired) electrons. The van der Waals surface area contributed by atoms with E-state index >= 15 is 0 Å². The average Bonchev–Trinajstić information content (AvgIpc) is 3.14. The lowest BCUT2D eigenvalue weighted by Crippen LogP contribution is -2.25. The van der Waals surface area contributed by atoms with Gasteiger partial charge in [-0.1, -0.05) is 0 Å². The molecule has 2 heterocycles. The van der Waals surface area contributed by atoms with Crippen molar-refractivity contribution in [3.8, 4) is 11.3 Å². The minimum atomic E-state index is -0.0534. The van der Waals surface area contributed by atoms with Gasteiger partial charge in [0.15, 0.2) is 0 Å². The van der Waals surface area contributed by atoms with Crippen LogP contribution in [0.5, 0.6) is 0 Å². The molecule has 2 aromatic rings. The van der Waals surface area contributed by atoms with E-state index in [4.69, 9.17) is 0 Å². The van der Waals surface area contributed by atoms with Gasteiger partial charge in [-0.3, -0.25) is 4.79 Å². The first-order valence-corrected chi connectivity index (χ1v) is 7.24. The maximum absolute atomic E-state index is 12.0. The Labute approximate surface area is 123 Å². The van der Waals surface area contributed by atoms with Crippen LogP contribution < -0.4 is 10.6 Å². The van der Waals surface area contributed by atoms with E-state index in [0.717, 1.165) is 36.2 Å². The molecule has 6 nitrogen and oxygen atoms in total. The Balaban J connectivity index is 1.84. The number of carbonyl (C=O) groups excluding carboxylic acids is 1. The van der Waals surface area contributed by atoms with Gasteiger partial charge in [0.1, 0.15) is 5.69 Å².